The lowest BCUT2D eigenvalue weighted by Gasteiger charge is -2.13. The van der Waals surface area contributed by atoms with Crippen LogP contribution >= 0.6 is 11.3 Å². The molecule has 15 heteroatoms. The lowest BCUT2D eigenvalue weighted by atomic mass is 10.4. The van der Waals surface area contributed by atoms with Gasteiger partial charge in [0.2, 0.25) is 5.95 Å². The number of hydrogen-bond donors (Lipinski definition) is 2. The topological polar surface area (TPSA) is 162 Å². The van der Waals surface area contributed by atoms with Crippen LogP contribution in [0.15, 0.2) is 11.4 Å². The number of hydrogen-bond acceptors (Lipinski definition) is 11. The summed E-state index contributed by atoms with van der Waals surface area (Å²) in [5.74, 6) is 0.0492. The number of aromatic nitrogens is 3. The third-order valence-corrected chi connectivity index (χ3v) is 5.16. The minimum atomic E-state index is -4.51. The van der Waals surface area contributed by atoms with Crippen LogP contribution in [0.5, 0.6) is 11.8 Å². The van der Waals surface area contributed by atoms with E-state index in [0.717, 1.165) is 0 Å². The van der Waals surface area contributed by atoms with Crippen molar-refractivity contribution in [3.8, 4) is 11.8 Å². The number of carbonyl (C=O) groups excluding carboxylic acids is 2. The van der Waals surface area contributed by atoms with Crippen LogP contribution < -0.4 is 19.0 Å². The van der Waals surface area contributed by atoms with Gasteiger partial charge in [-0.2, -0.15) is 23.4 Å². The van der Waals surface area contributed by atoms with Gasteiger partial charge in [-0.05, 0) is 18.4 Å². The molecule has 0 unspecified atom stereocenters. The number of rotatable bonds is 7. The third-order valence-electron chi connectivity index (χ3n) is 3.44. The summed E-state index contributed by atoms with van der Waals surface area (Å²) in [5, 5.41) is 3.75. The maximum absolute atomic E-state index is 12.2. The number of carbonyl (C=O) groups is 2. The van der Waals surface area contributed by atoms with Gasteiger partial charge in [0.1, 0.15) is 12.4 Å². The number of ether oxygens (including phenoxy) is 2. The first-order chi connectivity index (χ1) is 13.8. The van der Waals surface area contributed by atoms with Crippen LogP contribution in [0.25, 0.3) is 0 Å². The van der Waals surface area contributed by atoms with E-state index in [2.05, 4.69) is 20.3 Å². The maximum atomic E-state index is 12.2. The van der Waals surface area contributed by atoms with Crippen molar-refractivity contribution in [1.29, 1.82) is 0 Å². The minimum absolute atomic E-state index is 0.00678. The van der Waals surface area contributed by atoms with E-state index in [1.54, 1.807) is 17.0 Å². The molecule has 0 radical (unpaired) electrons. The molecule has 3 amide bonds. The van der Waals surface area contributed by atoms with Gasteiger partial charge >= 0.3 is 28.4 Å². The monoisotopic (exact) mass is 444 g/mol. The standard InChI is InChI=1S/C14H16N6O7S2/c1-8-15-11(18-13(16-8)25-2)17-12(21)19-29(23,24)27-9-3-6-28-10(9)7-20-4-5-26-14(20)22/h3,6H,4-5,7H2,1-2H3,(H2,15,16,17,18,19,21). The third kappa shape index (κ3) is 5.41. The molecule has 0 aromatic carbocycles. The second-order valence-electron chi connectivity index (χ2n) is 5.53. The molecular formula is C14H16N6O7S2. The van der Waals surface area contributed by atoms with E-state index in [1.165, 1.54) is 29.4 Å². The molecule has 13 nitrogen and oxygen atoms in total. The van der Waals surface area contributed by atoms with Crippen molar-refractivity contribution in [2.75, 3.05) is 25.6 Å². The Bertz CT molecular complexity index is 1030. The van der Waals surface area contributed by atoms with Gasteiger partial charge in [0, 0.05) is 0 Å². The molecule has 1 aliphatic heterocycles. The van der Waals surface area contributed by atoms with Crippen molar-refractivity contribution >= 4 is 39.7 Å². The second-order valence-corrected chi connectivity index (χ2v) is 7.81. The SMILES string of the molecule is COc1nc(C)nc(NC(=O)NS(=O)(=O)Oc2ccsc2CN2CCOC2=O)n1. The number of methoxy groups -OCH3 is 1. The molecule has 0 aliphatic carbocycles. The van der Waals surface area contributed by atoms with Crippen LogP contribution in [0, 0.1) is 6.92 Å². The lowest BCUT2D eigenvalue weighted by molar-refractivity contribution is 0.157. The van der Waals surface area contributed by atoms with Crippen LogP contribution in [0.4, 0.5) is 15.5 Å². The molecule has 156 valence electrons. The zero-order chi connectivity index (χ0) is 21.0. The Morgan fingerprint density at radius 1 is 1.38 bits per heavy atom. The van der Waals surface area contributed by atoms with Crippen LogP contribution in [-0.4, -0.2) is 60.7 Å². The summed E-state index contributed by atoms with van der Waals surface area (Å²) in [6.45, 7) is 2.32. The Balaban J connectivity index is 1.63. The first-order valence-electron chi connectivity index (χ1n) is 8.03. The van der Waals surface area contributed by atoms with E-state index in [1.807, 2.05) is 0 Å². The molecule has 0 spiro atoms. The molecule has 1 aliphatic rings. The van der Waals surface area contributed by atoms with Crippen molar-refractivity contribution in [2.45, 2.75) is 13.5 Å². The number of aryl methyl sites for hydroxylation is 1. The van der Waals surface area contributed by atoms with Crippen molar-refractivity contribution in [3.05, 3.63) is 22.1 Å². The summed E-state index contributed by atoms with van der Waals surface area (Å²) >= 11 is 1.20. The zero-order valence-electron chi connectivity index (χ0n) is 15.2. The summed E-state index contributed by atoms with van der Waals surface area (Å²) in [5.41, 5.74) is 0. The quantitative estimate of drug-likeness (QED) is 0.620. The minimum Gasteiger partial charge on any atom is -0.467 e. The molecule has 0 bridgehead atoms. The van der Waals surface area contributed by atoms with E-state index in [9.17, 15) is 18.0 Å². The van der Waals surface area contributed by atoms with Gasteiger partial charge in [-0.15, -0.1) is 11.3 Å². The van der Waals surface area contributed by atoms with Gasteiger partial charge in [-0.25, -0.2) is 14.3 Å². The number of nitrogens with one attached hydrogen (secondary N) is 2. The maximum Gasteiger partial charge on any atom is 0.411 e. The van der Waals surface area contributed by atoms with E-state index in [0.29, 0.717) is 11.4 Å². The smallest absolute Gasteiger partial charge is 0.411 e. The Morgan fingerprint density at radius 2 is 2.17 bits per heavy atom. The highest BCUT2D eigenvalue weighted by atomic mass is 32.2. The summed E-state index contributed by atoms with van der Waals surface area (Å²) in [7, 11) is -3.18. The number of amides is 3. The van der Waals surface area contributed by atoms with Crippen molar-refractivity contribution in [2.24, 2.45) is 0 Å². The summed E-state index contributed by atoms with van der Waals surface area (Å²) < 4.78 is 40.7. The number of anilines is 1. The summed E-state index contributed by atoms with van der Waals surface area (Å²) in [6.07, 6.45) is -0.493. The predicted molar refractivity (Wildman–Crippen MR) is 98.9 cm³/mol. The molecule has 2 aromatic heterocycles. The van der Waals surface area contributed by atoms with Gasteiger partial charge in [-0.1, -0.05) is 0 Å². The first-order valence-corrected chi connectivity index (χ1v) is 10.3. The highest BCUT2D eigenvalue weighted by molar-refractivity contribution is 7.85. The predicted octanol–water partition coefficient (Wildman–Crippen LogP) is 0.648. The first kappa shape index (κ1) is 20.5. The van der Waals surface area contributed by atoms with E-state index in [4.69, 9.17) is 13.7 Å². The Kier molecular flexibility index (Phi) is 5.97. The van der Waals surface area contributed by atoms with Gasteiger partial charge < -0.3 is 13.7 Å². The molecule has 3 rings (SSSR count). The molecule has 0 saturated carbocycles. The van der Waals surface area contributed by atoms with Crippen molar-refractivity contribution < 1.29 is 31.7 Å². The van der Waals surface area contributed by atoms with E-state index in [-0.39, 0.29) is 36.7 Å². The van der Waals surface area contributed by atoms with E-state index < -0.39 is 22.4 Å². The Labute approximate surface area is 169 Å². The van der Waals surface area contributed by atoms with E-state index >= 15 is 0 Å². The zero-order valence-corrected chi connectivity index (χ0v) is 16.9. The molecule has 29 heavy (non-hydrogen) atoms. The van der Waals surface area contributed by atoms with Gasteiger partial charge in [0.05, 0.1) is 25.1 Å². The molecule has 2 aromatic rings. The average molecular weight is 444 g/mol. The molecule has 2 N–H and O–H groups in total. The number of cyclic esters (lactones) is 1. The molecule has 1 fully saturated rings. The Morgan fingerprint density at radius 3 is 2.86 bits per heavy atom. The summed E-state index contributed by atoms with van der Waals surface area (Å²) in [6, 6.07) is 0.228. The van der Waals surface area contributed by atoms with Crippen LogP contribution in [0.2, 0.25) is 0 Å². The number of thiophene rings is 1. The van der Waals surface area contributed by atoms with Gasteiger partial charge in [0.15, 0.2) is 5.75 Å². The fourth-order valence-corrected chi connectivity index (χ4v) is 3.82. The number of urea groups is 1. The highest BCUT2D eigenvalue weighted by Crippen LogP contribution is 2.28. The van der Waals surface area contributed by atoms with Crippen LogP contribution in [-0.2, 0) is 21.6 Å². The number of nitrogens with zero attached hydrogens (tertiary/aromatic N) is 4. The second kappa shape index (κ2) is 8.44. The normalized spacial score (nSPS) is 13.7. The molecule has 1 saturated heterocycles. The van der Waals surface area contributed by atoms with Crippen molar-refractivity contribution in [1.82, 2.24) is 24.6 Å². The highest BCUT2D eigenvalue weighted by Gasteiger charge is 2.26. The molecular weight excluding hydrogens is 428 g/mol. The largest absolute Gasteiger partial charge is 0.467 e. The lowest BCUT2D eigenvalue weighted by Crippen LogP contribution is -2.37. The van der Waals surface area contributed by atoms with Gasteiger partial charge in [-0.3, -0.25) is 10.2 Å². The van der Waals surface area contributed by atoms with Gasteiger partial charge in [0.25, 0.3) is 0 Å². The molecule has 0 atom stereocenters. The Hall–Kier alpha value is -3.20. The molecule has 3 heterocycles. The van der Waals surface area contributed by atoms with Crippen LogP contribution in [0.1, 0.15) is 10.7 Å². The average Bonchev–Trinajstić information content (AvgIpc) is 3.23. The fourth-order valence-electron chi connectivity index (χ4n) is 2.25. The summed E-state index contributed by atoms with van der Waals surface area (Å²) in [4.78, 5) is 36.9. The van der Waals surface area contributed by atoms with Crippen LogP contribution in [0.3, 0.4) is 0 Å². The fraction of sp³-hybridized carbons (Fsp3) is 0.357. The van der Waals surface area contributed by atoms with Crippen molar-refractivity contribution in [3.63, 3.8) is 0 Å².